The quantitative estimate of drug-likeness (QED) is 0.198. The minimum Gasteiger partial charge on any atom is -0.462 e. The van der Waals surface area contributed by atoms with E-state index in [1.807, 2.05) is 54.8 Å². The van der Waals surface area contributed by atoms with E-state index in [1.54, 1.807) is 13.1 Å². The van der Waals surface area contributed by atoms with Gasteiger partial charge in [0.2, 0.25) is 0 Å². The zero-order valence-corrected chi connectivity index (χ0v) is 19.8. The van der Waals surface area contributed by atoms with Crippen LogP contribution in [0.15, 0.2) is 58.8 Å². The van der Waals surface area contributed by atoms with Crippen molar-refractivity contribution in [1.82, 2.24) is 14.8 Å². The molecule has 0 saturated carbocycles. The van der Waals surface area contributed by atoms with E-state index in [9.17, 15) is 9.59 Å². The van der Waals surface area contributed by atoms with E-state index in [4.69, 9.17) is 4.74 Å². The van der Waals surface area contributed by atoms with Crippen molar-refractivity contribution < 1.29 is 9.53 Å². The first-order valence-electron chi connectivity index (χ1n) is 9.64. The Morgan fingerprint density at radius 1 is 1.26 bits per heavy atom. The van der Waals surface area contributed by atoms with Gasteiger partial charge in [-0.05, 0) is 26.0 Å². The minimum atomic E-state index is -0.598. The largest absolute Gasteiger partial charge is 0.462 e. The average Bonchev–Trinajstić information content (AvgIpc) is 3.18. The van der Waals surface area contributed by atoms with Crippen LogP contribution >= 0.6 is 33.9 Å². The Hall–Kier alpha value is -2.79. The van der Waals surface area contributed by atoms with Crippen molar-refractivity contribution in [2.75, 3.05) is 11.9 Å². The van der Waals surface area contributed by atoms with Crippen LogP contribution in [0.4, 0.5) is 11.4 Å². The van der Waals surface area contributed by atoms with Crippen molar-refractivity contribution in [3.63, 3.8) is 0 Å². The molecule has 4 rings (SSSR count). The lowest BCUT2D eigenvalue weighted by Crippen LogP contribution is -2.30. The van der Waals surface area contributed by atoms with E-state index in [-0.39, 0.29) is 21.9 Å². The molecular formula is C22H19IN4O3S. The number of carbonyl (C=O) groups is 1. The van der Waals surface area contributed by atoms with Gasteiger partial charge in [0, 0.05) is 22.5 Å². The smallest absolute Gasteiger partial charge is 0.342 e. The number of benzene rings is 1. The molecule has 0 bridgehead atoms. The second-order valence-electron chi connectivity index (χ2n) is 6.64. The van der Waals surface area contributed by atoms with Crippen LogP contribution in [0.5, 0.6) is 0 Å². The molecule has 4 aromatic rings. The first-order chi connectivity index (χ1) is 15.0. The SMILES string of the molecule is CCOC(=O)c1c(-c2ccccc2)nn(C(C)I)c(=O)c1Nc1csc2ncccc12. The summed E-state index contributed by atoms with van der Waals surface area (Å²) in [4.78, 5) is 31.6. The molecule has 0 amide bonds. The molecule has 0 spiro atoms. The Balaban J connectivity index is 2.00. The maximum Gasteiger partial charge on any atom is 0.342 e. The summed E-state index contributed by atoms with van der Waals surface area (Å²) < 4.78 is 6.46. The molecule has 7 nitrogen and oxygen atoms in total. The highest BCUT2D eigenvalue weighted by atomic mass is 127. The number of hydrogen-bond acceptors (Lipinski definition) is 7. The third-order valence-electron chi connectivity index (χ3n) is 4.59. The fourth-order valence-electron chi connectivity index (χ4n) is 3.20. The van der Waals surface area contributed by atoms with Gasteiger partial charge >= 0.3 is 5.97 Å². The number of hydrogen-bond donors (Lipinski definition) is 1. The molecule has 0 aliphatic heterocycles. The van der Waals surface area contributed by atoms with Gasteiger partial charge in [-0.3, -0.25) is 4.79 Å². The summed E-state index contributed by atoms with van der Waals surface area (Å²) in [7, 11) is 0. The van der Waals surface area contributed by atoms with Gasteiger partial charge in [0.15, 0.2) is 0 Å². The van der Waals surface area contributed by atoms with Gasteiger partial charge in [-0.15, -0.1) is 11.3 Å². The van der Waals surface area contributed by atoms with Gasteiger partial charge in [0.1, 0.15) is 25.8 Å². The van der Waals surface area contributed by atoms with Crippen LogP contribution in [0, 0.1) is 0 Å². The number of aromatic nitrogens is 3. The number of alkyl halides is 1. The number of nitrogens with zero attached hydrogens (tertiary/aromatic N) is 3. The topological polar surface area (TPSA) is 86.1 Å². The summed E-state index contributed by atoms with van der Waals surface area (Å²) in [6.07, 6.45) is 1.72. The molecule has 0 saturated heterocycles. The number of nitrogens with one attached hydrogen (secondary N) is 1. The van der Waals surface area contributed by atoms with E-state index in [2.05, 4.69) is 38.0 Å². The van der Waals surface area contributed by atoms with Crippen molar-refractivity contribution >= 4 is 61.5 Å². The molecule has 1 aromatic carbocycles. The third-order valence-corrected chi connectivity index (χ3v) is 6.02. The highest BCUT2D eigenvalue weighted by Crippen LogP contribution is 2.33. The molecule has 0 aliphatic rings. The van der Waals surface area contributed by atoms with Crippen molar-refractivity contribution in [1.29, 1.82) is 0 Å². The van der Waals surface area contributed by atoms with Crippen LogP contribution in [-0.2, 0) is 4.74 Å². The number of esters is 1. The maximum absolute atomic E-state index is 13.4. The van der Waals surface area contributed by atoms with Crippen LogP contribution < -0.4 is 10.9 Å². The number of pyridine rings is 1. The molecule has 1 unspecified atom stereocenters. The Bertz CT molecular complexity index is 1300. The lowest BCUT2D eigenvalue weighted by atomic mass is 10.0. The number of ether oxygens (including phenoxy) is 1. The molecule has 31 heavy (non-hydrogen) atoms. The Kier molecular flexibility index (Phi) is 6.33. The first-order valence-corrected chi connectivity index (χ1v) is 11.8. The lowest BCUT2D eigenvalue weighted by Gasteiger charge is -2.18. The standard InChI is InChI=1S/C22H19IN4O3S/c1-3-30-22(29)17-18(14-8-5-4-6-9-14)26-27(13(2)23)21(28)19(17)25-16-12-31-20-15(16)10-7-11-24-20/h4-13,25H,3H2,1-2H3. The summed E-state index contributed by atoms with van der Waals surface area (Å²) >= 11 is 3.58. The molecule has 3 aromatic heterocycles. The predicted molar refractivity (Wildman–Crippen MR) is 132 cm³/mol. The highest BCUT2D eigenvalue weighted by Gasteiger charge is 2.27. The molecule has 1 N–H and O–H groups in total. The number of thiophene rings is 1. The van der Waals surface area contributed by atoms with E-state index >= 15 is 0 Å². The van der Waals surface area contributed by atoms with E-state index in [0.29, 0.717) is 11.4 Å². The van der Waals surface area contributed by atoms with E-state index in [1.165, 1.54) is 16.0 Å². The first kappa shape index (κ1) is 21.4. The van der Waals surface area contributed by atoms with Crippen LogP contribution in [-0.4, -0.2) is 27.3 Å². The molecule has 0 aliphatic carbocycles. The van der Waals surface area contributed by atoms with Crippen LogP contribution in [0.25, 0.3) is 21.5 Å². The Labute approximate surface area is 196 Å². The number of anilines is 2. The van der Waals surface area contributed by atoms with Crippen LogP contribution in [0.1, 0.15) is 28.3 Å². The van der Waals surface area contributed by atoms with Gasteiger partial charge in [-0.2, -0.15) is 5.10 Å². The molecule has 9 heteroatoms. The normalized spacial score (nSPS) is 12.0. The summed E-state index contributed by atoms with van der Waals surface area (Å²) in [6.45, 7) is 3.78. The molecule has 158 valence electrons. The van der Waals surface area contributed by atoms with Gasteiger partial charge in [0.05, 0.1) is 12.3 Å². The average molecular weight is 546 g/mol. The lowest BCUT2D eigenvalue weighted by molar-refractivity contribution is 0.0527. The van der Waals surface area contributed by atoms with Crippen molar-refractivity contribution in [3.8, 4) is 11.3 Å². The minimum absolute atomic E-state index is 0.120. The zero-order valence-electron chi connectivity index (χ0n) is 16.8. The van der Waals surface area contributed by atoms with Gasteiger partial charge in [-0.25, -0.2) is 14.5 Å². The van der Waals surface area contributed by atoms with Gasteiger partial charge in [0.25, 0.3) is 5.56 Å². The fraction of sp³-hybridized carbons (Fsp3) is 0.182. The number of fused-ring (bicyclic) bond motifs is 1. The molecule has 3 heterocycles. The summed E-state index contributed by atoms with van der Waals surface area (Å²) in [5, 5.41) is 10.5. The van der Waals surface area contributed by atoms with E-state index in [0.717, 1.165) is 15.8 Å². The van der Waals surface area contributed by atoms with Crippen molar-refractivity contribution in [3.05, 3.63) is 70.0 Å². The zero-order chi connectivity index (χ0) is 22.0. The Morgan fingerprint density at radius 3 is 2.74 bits per heavy atom. The third kappa shape index (κ3) is 4.19. The monoisotopic (exact) mass is 546 g/mol. The van der Waals surface area contributed by atoms with Gasteiger partial charge in [-0.1, -0.05) is 52.9 Å². The molecule has 0 radical (unpaired) electrons. The summed E-state index contributed by atoms with van der Waals surface area (Å²) in [5.41, 5.74) is 1.68. The molecule has 0 fully saturated rings. The number of rotatable bonds is 6. The van der Waals surface area contributed by atoms with Crippen molar-refractivity contribution in [2.24, 2.45) is 0 Å². The van der Waals surface area contributed by atoms with Crippen molar-refractivity contribution in [2.45, 2.75) is 17.9 Å². The number of halogens is 1. The number of carbonyl (C=O) groups excluding carboxylic acids is 1. The van der Waals surface area contributed by atoms with Crippen LogP contribution in [0.3, 0.4) is 0 Å². The van der Waals surface area contributed by atoms with Gasteiger partial charge < -0.3 is 10.1 Å². The summed E-state index contributed by atoms with van der Waals surface area (Å²) in [6, 6.07) is 13.1. The van der Waals surface area contributed by atoms with E-state index < -0.39 is 11.5 Å². The summed E-state index contributed by atoms with van der Waals surface area (Å²) in [5.74, 6) is -0.598. The molecular weight excluding hydrogens is 527 g/mol. The maximum atomic E-state index is 13.4. The molecule has 1 atom stereocenters. The second kappa shape index (κ2) is 9.15. The Morgan fingerprint density at radius 2 is 2.03 bits per heavy atom. The highest BCUT2D eigenvalue weighted by molar-refractivity contribution is 14.1. The predicted octanol–water partition coefficient (Wildman–Crippen LogP) is 5.39. The van der Waals surface area contributed by atoms with Crippen LogP contribution in [0.2, 0.25) is 0 Å². The second-order valence-corrected chi connectivity index (χ2v) is 9.30. The fourth-order valence-corrected chi connectivity index (χ4v) is 4.42.